The van der Waals surface area contributed by atoms with Gasteiger partial charge in [0.1, 0.15) is 11.6 Å². The summed E-state index contributed by atoms with van der Waals surface area (Å²) in [6.07, 6.45) is 7.38. The molecule has 6 heteroatoms. The lowest BCUT2D eigenvalue weighted by Crippen LogP contribution is -2.41. The summed E-state index contributed by atoms with van der Waals surface area (Å²) in [4.78, 5) is 16.9. The predicted molar refractivity (Wildman–Crippen MR) is 95.1 cm³/mol. The second-order valence-electron chi connectivity index (χ2n) is 7.10. The molecule has 0 bridgehead atoms. The normalized spacial score (nSPS) is 20.4. The minimum atomic E-state index is 0.107. The Morgan fingerprint density at radius 3 is 2.88 bits per heavy atom. The number of nitrogens with zero attached hydrogens (tertiary/aromatic N) is 4. The van der Waals surface area contributed by atoms with Crippen molar-refractivity contribution in [3.05, 3.63) is 28.7 Å². The van der Waals surface area contributed by atoms with Crippen LogP contribution in [-0.4, -0.2) is 26.5 Å². The Morgan fingerprint density at radius 1 is 1.40 bits per heavy atom. The largest absolute Gasteiger partial charge is 0.353 e. The molecule has 1 fully saturated rings. The SMILES string of the molecule is Cc1nc2c(C#N)cnn2c(C)c1CCC(=O)NC1CCCCC1C. The molecule has 0 radical (unpaired) electrons. The number of aromatic nitrogens is 3. The molecule has 2 aromatic rings. The summed E-state index contributed by atoms with van der Waals surface area (Å²) in [5.41, 5.74) is 3.90. The van der Waals surface area contributed by atoms with Gasteiger partial charge in [-0.3, -0.25) is 4.79 Å². The van der Waals surface area contributed by atoms with E-state index in [1.165, 1.54) is 25.5 Å². The fourth-order valence-corrected chi connectivity index (χ4v) is 3.80. The average Bonchev–Trinajstić information content (AvgIpc) is 2.99. The van der Waals surface area contributed by atoms with Gasteiger partial charge in [0.25, 0.3) is 0 Å². The van der Waals surface area contributed by atoms with Crippen LogP contribution in [0, 0.1) is 31.1 Å². The number of hydrogen-bond acceptors (Lipinski definition) is 4. The quantitative estimate of drug-likeness (QED) is 0.928. The van der Waals surface area contributed by atoms with E-state index in [9.17, 15) is 4.79 Å². The van der Waals surface area contributed by atoms with Crippen molar-refractivity contribution in [2.45, 2.75) is 65.3 Å². The van der Waals surface area contributed by atoms with Gasteiger partial charge >= 0.3 is 0 Å². The third-order valence-electron chi connectivity index (χ3n) is 5.39. The summed E-state index contributed by atoms with van der Waals surface area (Å²) in [5.74, 6) is 0.670. The molecule has 2 unspecified atom stereocenters. The lowest BCUT2D eigenvalue weighted by atomic mass is 9.86. The molecule has 1 saturated carbocycles. The van der Waals surface area contributed by atoms with Crippen molar-refractivity contribution in [1.82, 2.24) is 19.9 Å². The minimum absolute atomic E-state index is 0.107. The van der Waals surface area contributed by atoms with Crippen molar-refractivity contribution in [2.75, 3.05) is 0 Å². The van der Waals surface area contributed by atoms with Gasteiger partial charge in [0.05, 0.1) is 6.20 Å². The van der Waals surface area contributed by atoms with Crippen molar-refractivity contribution < 1.29 is 4.79 Å². The van der Waals surface area contributed by atoms with Crippen LogP contribution in [0.5, 0.6) is 0 Å². The molecule has 6 nitrogen and oxygen atoms in total. The van der Waals surface area contributed by atoms with Crippen LogP contribution in [-0.2, 0) is 11.2 Å². The molecule has 1 amide bonds. The monoisotopic (exact) mass is 339 g/mol. The third kappa shape index (κ3) is 3.51. The summed E-state index contributed by atoms with van der Waals surface area (Å²) >= 11 is 0. The molecule has 1 aliphatic rings. The van der Waals surface area contributed by atoms with Gasteiger partial charge in [0.15, 0.2) is 5.65 Å². The molecule has 1 aliphatic carbocycles. The van der Waals surface area contributed by atoms with Crippen molar-refractivity contribution in [3.63, 3.8) is 0 Å². The van der Waals surface area contributed by atoms with Crippen molar-refractivity contribution in [3.8, 4) is 6.07 Å². The third-order valence-corrected chi connectivity index (χ3v) is 5.39. The molecule has 25 heavy (non-hydrogen) atoms. The molecule has 0 aromatic carbocycles. The highest BCUT2D eigenvalue weighted by atomic mass is 16.1. The summed E-state index contributed by atoms with van der Waals surface area (Å²) in [6.45, 7) is 6.12. The number of carbonyl (C=O) groups is 1. The van der Waals surface area contributed by atoms with Crippen LogP contribution in [0.25, 0.3) is 5.65 Å². The van der Waals surface area contributed by atoms with E-state index in [1.54, 1.807) is 4.52 Å². The van der Waals surface area contributed by atoms with Gasteiger partial charge in [-0.15, -0.1) is 0 Å². The van der Waals surface area contributed by atoms with Crippen molar-refractivity contribution in [1.29, 1.82) is 5.26 Å². The molecule has 0 saturated heterocycles. The molecule has 1 N–H and O–H groups in total. The maximum atomic E-state index is 12.4. The van der Waals surface area contributed by atoms with Crippen LogP contribution in [0.2, 0.25) is 0 Å². The Bertz CT molecular complexity index is 832. The van der Waals surface area contributed by atoms with E-state index >= 15 is 0 Å². The van der Waals surface area contributed by atoms with Gasteiger partial charge in [0, 0.05) is 23.9 Å². The van der Waals surface area contributed by atoms with E-state index in [4.69, 9.17) is 5.26 Å². The van der Waals surface area contributed by atoms with Gasteiger partial charge in [-0.05, 0) is 44.6 Å². The highest BCUT2D eigenvalue weighted by molar-refractivity contribution is 5.76. The maximum Gasteiger partial charge on any atom is 0.220 e. The summed E-state index contributed by atoms with van der Waals surface area (Å²) < 4.78 is 1.70. The van der Waals surface area contributed by atoms with Gasteiger partial charge in [-0.2, -0.15) is 10.4 Å². The standard InChI is InChI=1S/C19H25N5O/c1-12-6-4-5-7-17(12)23-18(25)9-8-16-13(2)22-19-15(10-20)11-21-24(19)14(16)3/h11-12,17H,4-9H2,1-3H3,(H,23,25). The molecule has 3 rings (SSSR count). The van der Waals surface area contributed by atoms with Crippen molar-refractivity contribution in [2.24, 2.45) is 5.92 Å². The Hall–Kier alpha value is -2.42. The Morgan fingerprint density at radius 2 is 2.16 bits per heavy atom. The maximum absolute atomic E-state index is 12.4. The number of amides is 1. The molecule has 2 aromatic heterocycles. The number of aryl methyl sites for hydroxylation is 2. The summed E-state index contributed by atoms with van der Waals surface area (Å²) in [5, 5.41) is 16.6. The molecular weight excluding hydrogens is 314 g/mol. The van der Waals surface area contributed by atoms with E-state index in [0.717, 1.165) is 23.4 Å². The Kier molecular flexibility index (Phi) is 5.03. The zero-order valence-electron chi connectivity index (χ0n) is 15.2. The van der Waals surface area contributed by atoms with E-state index in [1.807, 2.05) is 13.8 Å². The zero-order chi connectivity index (χ0) is 18.0. The Labute approximate surface area is 148 Å². The fraction of sp³-hybridized carbons (Fsp3) is 0.579. The molecule has 0 spiro atoms. The number of rotatable bonds is 4. The van der Waals surface area contributed by atoms with Gasteiger partial charge < -0.3 is 5.32 Å². The number of fused-ring (bicyclic) bond motifs is 1. The first-order valence-electron chi connectivity index (χ1n) is 9.04. The molecule has 0 aliphatic heterocycles. The summed E-state index contributed by atoms with van der Waals surface area (Å²) in [7, 11) is 0. The number of nitrogens with one attached hydrogen (secondary N) is 1. The first kappa shape index (κ1) is 17.4. The fourth-order valence-electron chi connectivity index (χ4n) is 3.80. The highest BCUT2D eigenvalue weighted by Crippen LogP contribution is 2.24. The zero-order valence-corrected chi connectivity index (χ0v) is 15.2. The first-order chi connectivity index (χ1) is 12.0. The molecule has 2 heterocycles. The number of nitriles is 1. The molecule has 2 atom stereocenters. The van der Waals surface area contributed by atoms with Gasteiger partial charge in [-0.1, -0.05) is 19.8 Å². The van der Waals surface area contributed by atoms with Crippen LogP contribution in [0.4, 0.5) is 0 Å². The molecule has 132 valence electrons. The highest BCUT2D eigenvalue weighted by Gasteiger charge is 2.23. The van der Waals surface area contributed by atoms with E-state index in [2.05, 4.69) is 28.4 Å². The van der Waals surface area contributed by atoms with Gasteiger partial charge in [-0.25, -0.2) is 9.50 Å². The van der Waals surface area contributed by atoms with Crippen LogP contribution in [0.1, 0.15) is 61.5 Å². The van der Waals surface area contributed by atoms with Crippen LogP contribution in [0.3, 0.4) is 0 Å². The predicted octanol–water partition coefficient (Wildman–Crippen LogP) is 2.85. The van der Waals surface area contributed by atoms with E-state index in [-0.39, 0.29) is 5.91 Å². The summed E-state index contributed by atoms with van der Waals surface area (Å²) in [6, 6.07) is 2.43. The second kappa shape index (κ2) is 7.22. The van der Waals surface area contributed by atoms with E-state index in [0.29, 0.717) is 36.0 Å². The average molecular weight is 339 g/mol. The van der Waals surface area contributed by atoms with Crippen LogP contribution >= 0.6 is 0 Å². The molecular formula is C19H25N5O. The lowest BCUT2D eigenvalue weighted by molar-refractivity contribution is -0.122. The van der Waals surface area contributed by atoms with Crippen LogP contribution in [0.15, 0.2) is 6.20 Å². The van der Waals surface area contributed by atoms with E-state index < -0.39 is 0 Å². The lowest BCUT2D eigenvalue weighted by Gasteiger charge is -2.29. The number of carbonyl (C=O) groups excluding carboxylic acids is 1. The first-order valence-corrected chi connectivity index (χ1v) is 9.04. The smallest absolute Gasteiger partial charge is 0.220 e. The Balaban J connectivity index is 1.70. The minimum Gasteiger partial charge on any atom is -0.353 e. The number of hydrogen-bond donors (Lipinski definition) is 1. The second-order valence-corrected chi connectivity index (χ2v) is 7.10. The van der Waals surface area contributed by atoms with Crippen LogP contribution < -0.4 is 5.32 Å². The van der Waals surface area contributed by atoms with Crippen molar-refractivity contribution >= 4 is 11.6 Å². The topological polar surface area (TPSA) is 83.1 Å². The van der Waals surface area contributed by atoms with Gasteiger partial charge in [0.2, 0.25) is 5.91 Å².